The van der Waals surface area contributed by atoms with Crippen LogP contribution in [0.25, 0.3) is 0 Å². The summed E-state index contributed by atoms with van der Waals surface area (Å²) < 4.78 is 7.99. The number of carbonyl (C=O) groups excluding carboxylic acids is 1. The summed E-state index contributed by atoms with van der Waals surface area (Å²) in [4.78, 5) is 38.9. The lowest BCUT2D eigenvalue weighted by Crippen LogP contribution is -2.46. The maximum Gasteiger partial charge on any atom is 0.332 e. The molecule has 1 atom stereocenters. The normalized spacial score (nSPS) is 16.4. The van der Waals surface area contributed by atoms with E-state index in [9.17, 15) is 14.4 Å². The third-order valence-corrected chi connectivity index (χ3v) is 5.56. The molecule has 8 nitrogen and oxygen atoms in total. The molecule has 0 saturated carbocycles. The van der Waals surface area contributed by atoms with Gasteiger partial charge in [-0.25, -0.2) is 4.79 Å². The van der Waals surface area contributed by atoms with Crippen molar-refractivity contribution >= 4 is 11.7 Å². The molecule has 2 aromatic rings. The molecule has 2 heterocycles. The van der Waals surface area contributed by atoms with Gasteiger partial charge in [-0.05, 0) is 43.9 Å². The van der Waals surface area contributed by atoms with Crippen LogP contribution in [0.4, 0.5) is 5.82 Å². The molecule has 1 aromatic carbocycles. The second kappa shape index (κ2) is 9.65. The number of nitrogens with one attached hydrogen (secondary N) is 1. The number of ether oxygens (including phenoxy) is 1. The van der Waals surface area contributed by atoms with Gasteiger partial charge in [0, 0.05) is 39.8 Å². The minimum atomic E-state index is -0.362. The van der Waals surface area contributed by atoms with Crippen LogP contribution in [-0.4, -0.2) is 41.3 Å². The molecule has 0 spiro atoms. The fourth-order valence-electron chi connectivity index (χ4n) is 3.82. The summed E-state index contributed by atoms with van der Waals surface area (Å²) >= 11 is 0. The van der Waals surface area contributed by atoms with Crippen molar-refractivity contribution < 1.29 is 9.53 Å². The van der Waals surface area contributed by atoms with E-state index >= 15 is 0 Å². The molecule has 0 radical (unpaired) electrons. The Morgan fingerprint density at radius 3 is 2.60 bits per heavy atom. The average Bonchev–Trinajstić information content (AvgIpc) is 2.76. The minimum Gasteiger partial charge on any atom is -0.494 e. The Labute approximate surface area is 176 Å². The zero-order valence-electron chi connectivity index (χ0n) is 17.9. The van der Waals surface area contributed by atoms with E-state index in [1.165, 1.54) is 17.7 Å². The van der Waals surface area contributed by atoms with Crippen molar-refractivity contribution in [2.45, 2.75) is 26.2 Å². The van der Waals surface area contributed by atoms with Crippen molar-refractivity contribution in [2.24, 2.45) is 20.0 Å². The number of hydrogen-bond donors (Lipinski definition) is 1. The fourth-order valence-corrected chi connectivity index (χ4v) is 3.82. The average molecular weight is 415 g/mol. The lowest BCUT2D eigenvalue weighted by atomic mass is 9.97. The van der Waals surface area contributed by atoms with Gasteiger partial charge in [-0.1, -0.05) is 12.1 Å². The molecule has 0 bridgehead atoms. The number of benzene rings is 1. The topological polar surface area (TPSA) is 85.6 Å². The maximum absolute atomic E-state index is 12.7. The highest BCUT2D eigenvalue weighted by atomic mass is 16.5. The molecule has 1 saturated heterocycles. The predicted molar refractivity (Wildman–Crippen MR) is 116 cm³/mol. The van der Waals surface area contributed by atoms with Crippen LogP contribution in [0, 0.1) is 5.92 Å². The van der Waals surface area contributed by atoms with E-state index in [0.717, 1.165) is 41.7 Å². The van der Waals surface area contributed by atoms with E-state index in [2.05, 4.69) is 5.32 Å². The molecule has 162 valence electrons. The summed E-state index contributed by atoms with van der Waals surface area (Å²) in [6.45, 7) is 4.37. The molecule has 30 heavy (non-hydrogen) atoms. The molecule has 1 amide bonds. The number of carbonyl (C=O) groups is 1. The van der Waals surface area contributed by atoms with Crippen LogP contribution < -0.4 is 26.2 Å². The van der Waals surface area contributed by atoms with E-state index in [1.54, 1.807) is 7.05 Å². The number of hydrogen-bond acceptors (Lipinski definition) is 5. The van der Waals surface area contributed by atoms with Gasteiger partial charge in [0.1, 0.15) is 11.6 Å². The Balaban J connectivity index is 1.57. The third-order valence-electron chi connectivity index (χ3n) is 5.56. The predicted octanol–water partition coefficient (Wildman–Crippen LogP) is 1.06. The van der Waals surface area contributed by atoms with Crippen molar-refractivity contribution in [3.05, 3.63) is 56.7 Å². The second-order valence-electron chi connectivity index (χ2n) is 7.64. The highest BCUT2D eigenvalue weighted by Crippen LogP contribution is 2.21. The van der Waals surface area contributed by atoms with Crippen LogP contribution >= 0.6 is 0 Å². The summed E-state index contributed by atoms with van der Waals surface area (Å²) in [6.07, 6.45) is 2.38. The number of amides is 1. The smallest absolute Gasteiger partial charge is 0.332 e. The molecule has 0 aliphatic carbocycles. The van der Waals surface area contributed by atoms with Crippen molar-refractivity contribution in [2.75, 3.05) is 31.1 Å². The van der Waals surface area contributed by atoms with Gasteiger partial charge in [0.2, 0.25) is 5.91 Å². The molecule has 1 fully saturated rings. The van der Waals surface area contributed by atoms with Gasteiger partial charge in [-0.15, -0.1) is 0 Å². The van der Waals surface area contributed by atoms with Gasteiger partial charge in [-0.3, -0.25) is 18.7 Å². The number of piperidine rings is 1. The van der Waals surface area contributed by atoms with Gasteiger partial charge in [0.05, 0.1) is 12.5 Å². The van der Waals surface area contributed by atoms with E-state index < -0.39 is 0 Å². The van der Waals surface area contributed by atoms with Crippen molar-refractivity contribution in [3.63, 3.8) is 0 Å². The highest BCUT2D eigenvalue weighted by molar-refractivity contribution is 5.79. The first kappa shape index (κ1) is 21.7. The Hall–Kier alpha value is -3.03. The van der Waals surface area contributed by atoms with Crippen LogP contribution in [0.15, 0.2) is 39.9 Å². The molecular weight excluding hydrogens is 384 g/mol. The van der Waals surface area contributed by atoms with E-state index in [-0.39, 0.29) is 23.1 Å². The van der Waals surface area contributed by atoms with Crippen LogP contribution in [-0.2, 0) is 25.3 Å². The van der Waals surface area contributed by atoms with Crippen LogP contribution in [0.5, 0.6) is 5.75 Å². The molecule has 1 aliphatic heterocycles. The zero-order valence-corrected chi connectivity index (χ0v) is 17.9. The lowest BCUT2D eigenvalue weighted by Gasteiger charge is -2.34. The van der Waals surface area contributed by atoms with Crippen LogP contribution in [0.1, 0.15) is 25.3 Å². The number of aromatic nitrogens is 2. The molecule has 8 heteroatoms. The number of rotatable bonds is 7. The molecule has 1 aromatic heterocycles. The summed E-state index contributed by atoms with van der Waals surface area (Å²) in [5.41, 5.74) is 0.439. The Morgan fingerprint density at radius 1 is 1.17 bits per heavy atom. The first-order valence-electron chi connectivity index (χ1n) is 10.4. The van der Waals surface area contributed by atoms with Crippen molar-refractivity contribution in [1.82, 2.24) is 14.5 Å². The van der Waals surface area contributed by atoms with Gasteiger partial charge in [0.25, 0.3) is 5.56 Å². The summed E-state index contributed by atoms with van der Waals surface area (Å²) in [7, 11) is 3.11. The van der Waals surface area contributed by atoms with Gasteiger partial charge in [0.15, 0.2) is 0 Å². The standard InChI is InChI=1S/C22H30N4O4/c1-4-30-18-9-7-16(8-10-18)11-12-23-21(28)17-6-5-13-26(15-17)19-14-20(27)25(3)22(29)24(19)2/h7-10,14,17H,4-6,11-13,15H2,1-3H3,(H,23,28). The lowest BCUT2D eigenvalue weighted by molar-refractivity contribution is -0.125. The number of nitrogens with zero attached hydrogens (tertiary/aromatic N) is 3. The largest absolute Gasteiger partial charge is 0.494 e. The van der Waals surface area contributed by atoms with Gasteiger partial charge < -0.3 is 15.0 Å². The van der Waals surface area contributed by atoms with Crippen molar-refractivity contribution in [3.8, 4) is 5.75 Å². The van der Waals surface area contributed by atoms with E-state index in [0.29, 0.717) is 25.5 Å². The van der Waals surface area contributed by atoms with Gasteiger partial charge in [-0.2, -0.15) is 0 Å². The van der Waals surface area contributed by atoms with Gasteiger partial charge >= 0.3 is 5.69 Å². The molecule has 1 aliphatic rings. The summed E-state index contributed by atoms with van der Waals surface area (Å²) in [5, 5.41) is 3.03. The Kier molecular flexibility index (Phi) is 6.97. The molecular formula is C22H30N4O4. The monoisotopic (exact) mass is 414 g/mol. The van der Waals surface area contributed by atoms with E-state index in [1.807, 2.05) is 36.1 Å². The fraction of sp³-hybridized carbons (Fsp3) is 0.500. The SMILES string of the molecule is CCOc1ccc(CCNC(=O)C2CCCN(c3cc(=O)n(C)c(=O)n3C)C2)cc1. The molecule has 3 rings (SSSR count). The molecule has 1 unspecified atom stereocenters. The Bertz CT molecular complexity index is 994. The third kappa shape index (κ3) is 4.93. The summed E-state index contributed by atoms with van der Waals surface area (Å²) in [5.74, 6) is 1.26. The first-order chi connectivity index (χ1) is 14.4. The highest BCUT2D eigenvalue weighted by Gasteiger charge is 2.27. The Morgan fingerprint density at radius 2 is 1.90 bits per heavy atom. The van der Waals surface area contributed by atoms with E-state index in [4.69, 9.17) is 4.74 Å². The maximum atomic E-state index is 12.7. The zero-order chi connectivity index (χ0) is 21.7. The van der Waals surface area contributed by atoms with Crippen LogP contribution in [0.3, 0.4) is 0 Å². The first-order valence-corrected chi connectivity index (χ1v) is 10.4. The minimum absolute atomic E-state index is 0.0134. The van der Waals surface area contributed by atoms with Crippen LogP contribution in [0.2, 0.25) is 0 Å². The summed E-state index contributed by atoms with van der Waals surface area (Å²) in [6, 6.07) is 9.36. The quantitative estimate of drug-likeness (QED) is 0.732. The van der Waals surface area contributed by atoms with Crippen molar-refractivity contribution in [1.29, 1.82) is 0 Å². The number of anilines is 1. The second-order valence-corrected chi connectivity index (χ2v) is 7.64. The molecule has 1 N–H and O–H groups in total.